The molecule has 0 bridgehead atoms. The Morgan fingerprint density at radius 2 is 0.981 bits per heavy atom. The van der Waals surface area contributed by atoms with E-state index in [9.17, 15) is 0 Å². The number of aromatic nitrogens is 4. The second kappa shape index (κ2) is 11.1. The molecule has 0 aliphatic carbocycles. The van der Waals surface area contributed by atoms with Gasteiger partial charge in [-0.05, 0) is 80.8 Å². The SMILES string of the molecule is c1ccc2cc(-c3nc(-n4c5cc(-n6c7ccccc7c7c8ccccc8ccc76)ccc5c5cc6ccccc6cc54)nc4ccccc34)ccc2c1. The molecule has 0 radical (unpaired) electrons. The number of para-hydroxylation sites is 2. The van der Waals surface area contributed by atoms with Crippen molar-refractivity contribution in [1.29, 1.82) is 0 Å². The largest absolute Gasteiger partial charge is 0.309 e. The van der Waals surface area contributed by atoms with Crippen molar-refractivity contribution >= 4 is 86.8 Å². The van der Waals surface area contributed by atoms with Gasteiger partial charge in [-0.25, -0.2) is 9.97 Å². The molecule has 0 N–H and O–H groups in total. The van der Waals surface area contributed by atoms with Gasteiger partial charge in [-0.2, -0.15) is 0 Å². The molecular weight excluding hydrogens is 657 g/mol. The number of hydrogen-bond acceptors (Lipinski definition) is 2. The van der Waals surface area contributed by atoms with E-state index in [1.54, 1.807) is 0 Å². The van der Waals surface area contributed by atoms with E-state index in [1.807, 2.05) is 0 Å². The number of rotatable bonds is 3. The van der Waals surface area contributed by atoms with Crippen molar-refractivity contribution in [1.82, 2.24) is 19.1 Å². The Bertz CT molecular complexity index is 3510. The maximum atomic E-state index is 5.47. The first-order chi connectivity index (χ1) is 26.8. The molecule has 3 aromatic heterocycles. The van der Waals surface area contributed by atoms with Crippen LogP contribution in [0.2, 0.25) is 0 Å². The molecule has 0 atom stereocenters. The summed E-state index contributed by atoms with van der Waals surface area (Å²) in [6, 6.07) is 65.6. The van der Waals surface area contributed by atoms with E-state index in [2.05, 4.69) is 191 Å². The monoisotopic (exact) mass is 686 g/mol. The van der Waals surface area contributed by atoms with Gasteiger partial charge in [0.05, 0.1) is 33.3 Å². The molecule has 0 saturated carbocycles. The summed E-state index contributed by atoms with van der Waals surface area (Å²) in [5.41, 5.74) is 8.49. The fraction of sp³-hybridized carbons (Fsp3) is 0. The van der Waals surface area contributed by atoms with Crippen molar-refractivity contribution in [3.63, 3.8) is 0 Å². The standard InChI is InChI=1S/C50H30N4/c1-2-13-33-27-36(22-21-31(33)11-1)49-40-17-7-9-19-43(40)51-50(52-49)54-46-29-35-15-4-3-14-34(35)28-42(46)39-25-24-37(30-47(39)54)53-44-20-10-8-18-41(44)48-38-16-6-5-12-32(38)23-26-45(48)53/h1-30H. The molecule has 12 rings (SSSR count). The van der Waals surface area contributed by atoms with Crippen molar-refractivity contribution in [2.45, 2.75) is 0 Å². The Morgan fingerprint density at radius 1 is 0.333 bits per heavy atom. The molecule has 4 heteroatoms. The van der Waals surface area contributed by atoms with Crippen molar-refractivity contribution in [2.24, 2.45) is 0 Å². The number of fused-ring (bicyclic) bond motifs is 11. The third kappa shape index (κ3) is 4.19. The van der Waals surface area contributed by atoms with Crippen LogP contribution in [0.5, 0.6) is 0 Å². The van der Waals surface area contributed by atoms with Crippen molar-refractivity contribution in [3.8, 4) is 22.9 Å². The van der Waals surface area contributed by atoms with Crippen molar-refractivity contribution in [2.75, 3.05) is 0 Å². The Kier molecular flexibility index (Phi) is 6.02. The van der Waals surface area contributed by atoms with Crippen molar-refractivity contribution < 1.29 is 0 Å². The third-order valence-corrected chi connectivity index (χ3v) is 11.3. The van der Waals surface area contributed by atoms with E-state index in [1.165, 1.54) is 59.5 Å². The number of benzene rings is 9. The van der Waals surface area contributed by atoms with Crippen LogP contribution in [-0.2, 0) is 0 Å². The topological polar surface area (TPSA) is 35.6 Å². The van der Waals surface area contributed by atoms with Crippen LogP contribution < -0.4 is 0 Å². The van der Waals surface area contributed by atoms with Gasteiger partial charge in [-0.1, -0.05) is 133 Å². The summed E-state index contributed by atoms with van der Waals surface area (Å²) in [7, 11) is 0. The average Bonchev–Trinajstić information content (AvgIpc) is 3.74. The van der Waals surface area contributed by atoms with Gasteiger partial charge in [0.1, 0.15) is 0 Å². The van der Waals surface area contributed by atoms with Gasteiger partial charge in [0.25, 0.3) is 0 Å². The fourth-order valence-corrected chi connectivity index (χ4v) is 8.78. The summed E-state index contributed by atoms with van der Waals surface area (Å²) >= 11 is 0. The van der Waals surface area contributed by atoms with Crippen LogP contribution in [0.4, 0.5) is 0 Å². The molecule has 3 heterocycles. The van der Waals surface area contributed by atoms with Crippen LogP contribution in [0, 0.1) is 0 Å². The summed E-state index contributed by atoms with van der Waals surface area (Å²) in [6.45, 7) is 0. The molecular formula is C50H30N4. The zero-order chi connectivity index (χ0) is 35.3. The quantitative estimate of drug-likeness (QED) is 0.185. The highest BCUT2D eigenvalue weighted by Crippen LogP contribution is 2.40. The van der Waals surface area contributed by atoms with E-state index in [4.69, 9.17) is 9.97 Å². The molecule has 12 aromatic rings. The van der Waals surface area contributed by atoms with E-state index < -0.39 is 0 Å². The first kappa shape index (κ1) is 29.3. The highest BCUT2D eigenvalue weighted by Gasteiger charge is 2.21. The Labute approximate surface area is 309 Å². The summed E-state index contributed by atoms with van der Waals surface area (Å²) < 4.78 is 4.69. The molecule has 4 nitrogen and oxygen atoms in total. The number of nitrogens with zero attached hydrogens (tertiary/aromatic N) is 4. The minimum atomic E-state index is 0.650. The van der Waals surface area contributed by atoms with Gasteiger partial charge < -0.3 is 4.57 Å². The average molecular weight is 687 g/mol. The molecule has 54 heavy (non-hydrogen) atoms. The van der Waals surface area contributed by atoms with Gasteiger partial charge in [0.2, 0.25) is 5.95 Å². The van der Waals surface area contributed by atoms with Gasteiger partial charge >= 0.3 is 0 Å². The summed E-state index contributed by atoms with van der Waals surface area (Å²) in [5.74, 6) is 0.650. The molecule has 250 valence electrons. The van der Waals surface area contributed by atoms with Crippen LogP contribution >= 0.6 is 0 Å². The lowest BCUT2D eigenvalue weighted by atomic mass is 10.0. The first-order valence-corrected chi connectivity index (χ1v) is 18.4. The van der Waals surface area contributed by atoms with Crippen LogP contribution in [0.3, 0.4) is 0 Å². The predicted molar refractivity (Wildman–Crippen MR) is 226 cm³/mol. The molecule has 0 unspecified atom stereocenters. The number of hydrogen-bond donors (Lipinski definition) is 0. The molecule has 9 aromatic carbocycles. The summed E-state index contributed by atoms with van der Waals surface area (Å²) in [6.07, 6.45) is 0. The zero-order valence-corrected chi connectivity index (χ0v) is 29.1. The van der Waals surface area contributed by atoms with Crippen LogP contribution in [0.1, 0.15) is 0 Å². The van der Waals surface area contributed by atoms with Gasteiger partial charge in [0, 0.05) is 38.2 Å². The lowest BCUT2D eigenvalue weighted by Crippen LogP contribution is -2.04. The van der Waals surface area contributed by atoms with Crippen LogP contribution in [0.15, 0.2) is 182 Å². The molecule has 0 fully saturated rings. The van der Waals surface area contributed by atoms with E-state index in [-0.39, 0.29) is 0 Å². The van der Waals surface area contributed by atoms with Gasteiger partial charge in [-0.3, -0.25) is 4.57 Å². The normalized spacial score (nSPS) is 12.1. The minimum absolute atomic E-state index is 0.650. The first-order valence-electron chi connectivity index (χ1n) is 18.4. The summed E-state index contributed by atoms with van der Waals surface area (Å²) in [4.78, 5) is 10.8. The Morgan fingerprint density at radius 3 is 1.83 bits per heavy atom. The lowest BCUT2D eigenvalue weighted by molar-refractivity contribution is 1.01. The van der Waals surface area contributed by atoms with E-state index in [0.717, 1.165) is 44.3 Å². The molecule has 0 spiro atoms. The third-order valence-electron chi connectivity index (χ3n) is 11.3. The van der Waals surface area contributed by atoms with Gasteiger partial charge in [0.15, 0.2) is 0 Å². The zero-order valence-electron chi connectivity index (χ0n) is 29.1. The smallest absolute Gasteiger partial charge is 0.235 e. The Hall–Kier alpha value is -7.30. The molecule has 0 aliphatic rings. The molecule has 0 saturated heterocycles. The minimum Gasteiger partial charge on any atom is -0.309 e. The highest BCUT2D eigenvalue weighted by molar-refractivity contribution is 6.21. The molecule has 0 amide bonds. The second-order valence-corrected chi connectivity index (χ2v) is 14.2. The Balaban J connectivity index is 1.19. The van der Waals surface area contributed by atoms with Crippen molar-refractivity contribution in [3.05, 3.63) is 182 Å². The van der Waals surface area contributed by atoms with Crippen LogP contribution in [-0.4, -0.2) is 19.1 Å². The van der Waals surface area contributed by atoms with Gasteiger partial charge in [-0.15, -0.1) is 0 Å². The second-order valence-electron chi connectivity index (χ2n) is 14.2. The maximum Gasteiger partial charge on any atom is 0.235 e. The van der Waals surface area contributed by atoms with Crippen LogP contribution in [0.25, 0.3) is 110 Å². The molecule has 0 aliphatic heterocycles. The predicted octanol–water partition coefficient (Wildman–Crippen LogP) is 13.0. The summed E-state index contributed by atoms with van der Waals surface area (Å²) in [5, 5.41) is 13.2. The fourth-order valence-electron chi connectivity index (χ4n) is 8.78. The maximum absolute atomic E-state index is 5.47. The van der Waals surface area contributed by atoms with E-state index in [0.29, 0.717) is 5.95 Å². The van der Waals surface area contributed by atoms with E-state index >= 15 is 0 Å². The lowest BCUT2D eigenvalue weighted by Gasteiger charge is -2.13. The highest BCUT2D eigenvalue weighted by atomic mass is 15.2.